The van der Waals surface area contributed by atoms with E-state index in [0.29, 0.717) is 0 Å². The first-order chi connectivity index (χ1) is 20.6. The molecule has 0 aromatic heterocycles. The van der Waals surface area contributed by atoms with E-state index in [1.165, 1.54) is 23.3 Å². The zero-order chi connectivity index (χ0) is 28.9. The van der Waals surface area contributed by atoms with Gasteiger partial charge < -0.3 is 9.80 Å². The zero-order valence-corrected chi connectivity index (χ0v) is 23.2. The van der Waals surface area contributed by atoms with Gasteiger partial charge in [-0.05, 0) is 82.9 Å². The third kappa shape index (κ3) is 5.62. The quantitative estimate of drug-likeness (QED) is 0.140. The standard InChI is InChI=1S/C37H29N3O2/c1-38(33-24-26-37(27-25-33)40(41)42)32-18-12-30(13-19-32)31-16-22-36(23-17-31)39(34-10-6-3-7-11-34)35-20-14-29(15-21-35)28-8-4-2-5-9-28/h2-27H,1H3. The van der Waals surface area contributed by atoms with Crippen LogP contribution in [-0.2, 0) is 0 Å². The van der Waals surface area contributed by atoms with E-state index in [1.807, 2.05) is 24.1 Å². The number of nitrogens with zero attached hydrogens (tertiary/aromatic N) is 3. The van der Waals surface area contributed by atoms with Crippen LogP contribution in [0.1, 0.15) is 0 Å². The van der Waals surface area contributed by atoms with Crippen molar-refractivity contribution in [2.24, 2.45) is 0 Å². The van der Waals surface area contributed by atoms with Crippen molar-refractivity contribution >= 4 is 34.1 Å². The van der Waals surface area contributed by atoms with Gasteiger partial charge in [0.25, 0.3) is 5.69 Å². The Balaban J connectivity index is 1.24. The first-order valence-corrected chi connectivity index (χ1v) is 13.8. The summed E-state index contributed by atoms with van der Waals surface area (Å²) >= 11 is 0. The number of rotatable bonds is 8. The predicted molar refractivity (Wildman–Crippen MR) is 173 cm³/mol. The van der Waals surface area contributed by atoms with E-state index in [2.05, 4.69) is 126 Å². The van der Waals surface area contributed by atoms with Crippen LogP contribution in [0.2, 0.25) is 0 Å². The number of benzene rings is 6. The number of hydrogen-bond donors (Lipinski definition) is 0. The monoisotopic (exact) mass is 547 g/mol. The van der Waals surface area contributed by atoms with Crippen molar-refractivity contribution in [3.05, 3.63) is 168 Å². The highest BCUT2D eigenvalue weighted by Crippen LogP contribution is 2.37. The summed E-state index contributed by atoms with van der Waals surface area (Å²) in [6, 6.07) is 53.0. The fourth-order valence-corrected chi connectivity index (χ4v) is 5.09. The molecule has 0 heterocycles. The molecule has 204 valence electrons. The van der Waals surface area contributed by atoms with Crippen LogP contribution < -0.4 is 9.80 Å². The molecule has 5 nitrogen and oxygen atoms in total. The van der Waals surface area contributed by atoms with E-state index in [-0.39, 0.29) is 10.6 Å². The number of non-ortho nitro benzene ring substituents is 1. The second-order valence-electron chi connectivity index (χ2n) is 10.0. The van der Waals surface area contributed by atoms with E-state index >= 15 is 0 Å². The molecule has 0 saturated heterocycles. The van der Waals surface area contributed by atoms with Gasteiger partial charge in [0.05, 0.1) is 4.92 Å². The van der Waals surface area contributed by atoms with Gasteiger partial charge in [-0.2, -0.15) is 0 Å². The minimum atomic E-state index is -0.384. The van der Waals surface area contributed by atoms with Crippen LogP contribution in [0.5, 0.6) is 0 Å². The lowest BCUT2D eigenvalue weighted by molar-refractivity contribution is -0.384. The van der Waals surface area contributed by atoms with Gasteiger partial charge in [-0.1, -0.05) is 84.9 Å². The van der Waals surface area contributed by atoms with Crippen LogP contribution in [0, 0.1) is 10.1 Å². The van der Waals surface area contributed by atoms with Gasteiger partial charge in [0.15, 0.2) is 0 Å². The van der Waals surface area contributed by atoms with E-state index in [4.69, 9.17) is 0 Å². The van der Waals surface area contributed by atoms with E-state index in [9.17, 15) is 10.1 Å². The molecule has 0 aliphatic rings. The lowest BCUT2D eigenvalue weighted by Gasteiger charge is -2.26. The van der Waals surface area contributed by atoms with Gasteiger partial charge in [-0.25, -0.2) is 0 Å². The predicted octanol–water partition coefficient (Wildman–Crippen LogP) is 10.2. The molecule has 42 heavy (non-hydrogen) atoms. The summed E-state index contributed by atoms with van der Waals surface area (Å²) in [6.07, 6.45) is 0. The van der Waals surface area contributed by atoms with Crippen molar-refractivity contribution < 1.29 is 4.92 Å². The topological polar surface area (TPSA) is 49.6 Å². The highest BCUT2D eigenvalue weighted by Gasteiger charge is 2.13. The molecule has 0 spiro atoms. The van der Waals surface area contributed by atoms with Crippen molar-refractivity contribution in [3.63, 3.8) is 0 Å². The van der Waals surface area contributed by atoms with Gasteiger partial charge in [0, 0.05) is 47.6 Å². The maximum absolute atomic E-state index is 11.0. The van der Waals surface area contributed by atoms with Gasteiger partial charge >= 0.3 is 0 Å². The summed E-state index contributed by atoms with van der Waals surface area (Å²) in [6.45, 7) is 0. The smallest absolute Gasteiger partial charge is 0.269 e. The Bertz CT molecular complexity index is 1770. The van der Waals surface area contributed by atoms with E-state index < -0.39 is 0 Å². The summed E-state index contributed by atoms with van der Waals surface area (Å²) in [5.41, 5.74) is 9.84. The van der Waals surface area contributed by atoms with Gasteiger partial charge in [0.2, 0.25) is 0 Å². The second kappa shape index (κ2) is 11.8. The van der Waals surface area contributed by atoms with Crippen LogP contribution in [0.3, 0.4) is 0 Å². The van der Waals surface area contributed by atoms with Crippen LogP contribution in [0.4, 0.5) is 34.1 Å². The number of hydrogen-bond acceptors (Lipinski definition) is 4. The third-order valence-electron chi connectivity index (χ3n) is 7.41. The molecule has 0 atom stereocenters. The summed E-state index contributed by atoms with van der Waals surface area (Å²) in [4.78, 5) is 14.9. The van der Waals surface area contributed by atoms with Gasteiger partial charge in [-0.3, -0.25) is 10.1 Å². The molecule has 5 heteroatoms. The number of para-hydroxylation sites is 1. The Labute approximate surface area is 245 Å². The van der Waals surface area contributed by atoms with Crippen molar-refractivity contribution in [1.82, 2.24) is 0 Å². The van der Waals surface area contributed by atoms with Gasteiger partial charge in [-0.15, -0.1) is 0 Å². The Morgan fingerprint density at radius 3 is 1.19 bits per heavy atom. The minimum absolute atomic E-state index is 0.0842. The first kappa shape index (κ1) is 26.5. The maximum Gasteiger partial charge on any atom is 0.269 e. The van der Waals surface area contributed by atoms with Crippen LogP contribution in [0.15, 0.2) is 158 Å². The fraction of sp³-hybridized carbons (Fsp3) is 0.0270. The largest absolute Gasteiger partial charge is 0.345 e. The molecule has 6 aromatic rings. The first-order valence-electron chi connectivity index (χ1n) is 13.8. The lowest BCUT2D eigenvalue weighted by Crippen LogP contribution is -2.09. The van der Waals surface area contributed by atoms with Crippen LogP contribution in [-0.4, -0.2) is 12.0 Å². The summed E-state index contributed by atoms with van der Waals surface area (Å²) < 4.78 is 0. The highest BCUT2D eigenvalue weighted by molar-refractivity contribution is 5.80. The van der Waals surface area contributed by atoms with Crippen molar-refractivity contribution in [2.75, 3.05) is 16.8 Å². The molecule has 0 N–H and O–H groups in total. The third-order valence-corrected chi connectivity index (χ3v) is 7.41. The molecule has 0 aliphatic carbocycles. The average Bonchev–Trinajstić information content (AvgIpc) is 3.06. The zero-order valence-electron chi connectivity index (χ0n) is 23.2. The molecule has 0 bridgehead atoms. The molecule has 0 radical (unpaired) electrons. The van der Waals surface area contributed by atoms with Crippen molar-refractivity contribution in [3.8, 4) is 22.3 Å². The molecule has 0 fully saturated rings. The highest BCUT2D eigenvalue weighted by atomic mass is 16.6. The minimum Gasteiger partial charge on any atom is -0.345 e. The fourth-order valence-electron chi connectivity index (χ4n) is 5.09. The van der Waals surface area contributed by atoms with Crippen LogP contribution >= 0.6 is 0 Å². The van der Waals surface area contributed by atoms with E-state index in [0.717, 1.165) is 39.6 Å². The average molecular weight is 548 g/mol. The molecule has 0 amide bonds. The van der Waals surface area contributed by atoms with Crippen LogP contribution in [0.25, 0.3) is 22.3 Å². The summed E-state index contributed by atoms with van der Waals surface area (Å²) in [5.74, 6) is 0. The molecule has 0 aliphatic heterocycles. The maximum atomic E-state index is 11.0. The number of anilines is 5. The molecular weight excluding hydrogens is 518 g/mol. The SMILES string of the molecule is CN(c1ccc(-c2ccc(N(c3ccccc3)c3ccc(-c4ccccc4)cc3)cc2)cc1)c1ccc([N+](=O)[O-])cc1. The van der Waals surface area contributed by atoms with E-state index in [1.54, 1.807) is 12.1 Å². The molecule has 0 unspecified atom stereocenters. The number of nitro benzene ring substituents is 1. The number of nitro groups is 1. The normalized spacial score (nSPS) is 10.7. The molecule has 6 aromatic carbocycles. The second-order valence-corrected chi connectivity index (χ2v) is 10.0. The summed E-state index contributed by atoms with van der Waals surface area (Å²) in [5, 5.41) is 11.0. The summed E-state index contributed by atoms with van der Waals surface area (Å²) in [7, 11) is 1.95. The lowest BCUT2D eigenvalue weighted by atomic mass is 10.0. The van der Waals surface area contributed by atoms with Crippen molar-refractivity contribution in [2.45, 2.75) is 0 Å². The Hall–Kier alpha value is -5.68. The Kier molecular flexibility index (Phi) is 7.47. The Morgan fingerprint density at radius 1 is 0.429 bits per heavy atom. The molecular formula is C37H29N3O2. The molecule has 0 saturated carbocycles. The van der Waals surface area contributed by atoms with Gasteiger partial charge in [0.1, 0.15) is 0 Å². The molecule has 6 rings (SSSR count). The van der Waals surface area contributed by atoms with Crippen molar-refractivity contribution in [1.29, 1.82) is 0 Å². The Morgan fingerprint density at radius 2 is 0.762 bits per heavy atom.